The van der Waals surface area contributed by atoms with E-state index in [-0.39, 0.29) is 5.91 Å². The molecule has 1 saturated heterocycles. The van der Waals surface area contributed by atoms with E-state index in [0.29, 0.717) is 16.7 Å². The molecule has 1 amide bonds. The molecule has 5 heteroatoms. The molecule has 0 unspecified atom stereocenters. The van der Waals surface area contributed by atoms with Gasteiger partial charge in [0, 0.05) is 29.7 Å². The van der Waals surface area contributed by atoms with Gasteiger partial charge in [0.15, 0.2) is 0 Å². The average Bonchev–Trinajstić information content (AvgIpc) is 2.91. The number of nitrogens with one attached hydrogen (secondary N) is 1. The Bertz CT molecular complexity index is 404. The van der Waals surface area contributed by atoms with Gasteiger partial charge in [-0.3, -0.25) is 4.79 Å². The number of hydrogen-bond acceptors (Lipinski definition) is 3. The van der Waals surface area contributed by atoms with Gasteiger partial charge in [0.1, 0.15) is 0 Å². The molecule has 0 aliphatic carbocycles. The largest absolute Gasteiger partial charge is 0.381 e. The minimum atomic E-state index is 0.0823. The number of rotatable bonds is 6. The van der Waals surface area contributed by atoms with Crippen LogP contribution in [-0.2, 0) is 9.53 Å². The van der Waals surface area contributed by atoms with Crippen molar-refractivity contribution in [3.8, 4) is 0 Å². The van der Waals surface area contributed by atoms with Crippen LogP contribution < -0.4 is 5.32 Å². The molecular weight excluding hydrogens is 282 g/mol. The van der Waals surface area contributed by atoms with Gasteiger partial charge in [-0.05, 0) is 43.0 Å². The number of halogens is 1. The van der Waals surface area contributed by atoms with Gasteiger partial charge >= 0.3 is 0 Å². The van der Waals surface area contributed by atoms with E-state index in [9.17, 15) is 4.79 Å². The highest BCUT2D eigenvalue weighted by Crippen LogP contribution is 2.20. The van der Waals surface area contributed by atoms with Gasteiger partial charge in [-0.25, -0.2) is 0 Å². The number of hydrogen-bond donors (Lipinski definition) is 1. The fraction of sp³-hybridized carbons (Fsp3) is 0.500. The lowest BCUT2D eigenvalue weighted by atomic mass is 10.1. The fourth-order valence-electron chi connectivity index (χ4n) is 1.96. The second-order valence-electron chi connectivity index (χ2n) is 4.61. The topological polar surface area (TPSA) is 38.3 Å². The first-order valence-electron chi connectivity index (χ1n) is 6.47. The average molecular weight is 300 g/mol. The number of thioether (sulfide) groups is 1. The van der Waals surface area contributed by atoms with Crippen molar-refractivity contribution in [1.82, 2.24) is 5.32 Å². The third-order valence-corrected chi connectivity index (χ3v) is 4.35. The first-order chi connectivity index (χ1) is 9.24. The van der Waals surface area contributed by atoms with Crippen molar-refractivity contribution in [3.05, 3.63) is 29.3 Å². The van der Waals surface area contributed by atoms with E-state index in [1.165, 1.54) is 11.8 Å². The molecule has 2 rings (SSSR count). The molecule has 1 heterocycles. The van der Waals surface area contributed by atoms with Gasteiger partial charge < -0.3 is 10.1 Å². The Labute approximate surface area is 123 Å². The molecule has 1 aromatic rings. The van der Waals surface area contributed by atoms with Gasteiger partial charge in [0.25, 0.3) is 0 Å². The highest BCUT2D eigenvalue weighted by molar-refractivity contribution is 8.00. The molecule has 0 bridgehead atoms. The van der Waals surface area contributed by atoms with Crippen LogP contribution in [0.1, 0.15) is 12.8 Å². The third kappa shape index (κ3) is 5.43. The number of carbonyl (C=O) groups excluding carboxylic acids is 1. The van der Waals surface area contributed by atoms with E-state index in [1.54, 1.807) is 0 Å². The minimum Gasteiger partial charge on any atom is -0.381 e. The van der Waals surface area contributed by atoms with Crippen molar-refractivity contribution in [3.63, 3.8) is 0 Å². The molecule has 1 aromatic carbocycles. The highest BCUT2D eigenvalue weighted by atomic mass is 35.5. The lowest BCUT2D eigenvalue weighted by Gasteiger charge is -2.08. The van der Waals surface area contributed by atoms with Crippen molar-refractivity contribution in [1.29, 1.82) is 0 Å². The Kier molecular flexibility index (Phi) is 6.01. The smallest absolute Gasteiger partial charge is 0.230 e. The van der Waals surface area contributed by atoms with Crippen LogP contribution in [-0.4, -0.2) is 31.4 Å². The van der Waals surface area contributed by atoms with E-state index < -0.39 is 0 Å². The second kappa shape index (κ2) is 7.78. The standard InChI is InChI=1S/C14H18ClNO2S/c15-12-1-3-13(4-2-12)19-10-14(17)16-7-5-11-6-8-18-9-11/h1-4,11H,5-10H2,(H,16,17)/t11-/m1/s1. The van der Waals surface area contributed by atoms with E-state index in [1.807, 2.05) is 24.3 Å². The number of amides is 1. The number of ether oxygens (including phenoxy) is 1. The predicted octanol–water partition coefficient (Wildman–Crippen LogP) is 2.97. The van der Waals surface area contributed by atoms with Gasteiger partial charge in [0.05, 0.1) is 5.75 Å². The second-order valence-corrected chi connectivity index (χ2v) is 6.10. The summed E-state index contributed by atoms with van der Waals surface area (Å²) in [6, 6.07) is 7.52. The van der Waals surface area contributed by atoms with Crippen molar-refractivity contribution in [2.24, 2.45) is 5.92 Å². The SMILES string of the molecule is O=C(CSc1ccc(Cl)cc1)NCC[C@@H]1CCOC1. The van der Waals surface area contributed by atoms with Crippen molar-refractivity contribution in [2.45, 2.75) is 17.7 Å². The fourth-order valence-corrected chi connectivity index (χ4v) is 2.81. The molecule has 1 aliphatic heterocycles. The van der Waals surface area contributed by atoms with Crippen LogP contribution in [0.5, 0.6) is 0 Å². The normalized spacial score (nSPS) is 18.5. The zero-order chi connectivity index (χ0) is 13.5. The van der Waals surface area contributed by atoms with E-state index in [0.717, 1.165) is 37.5 Å². The lowest BCUT2D eigenvalue weighted by Crippen LogP contribution is -2.27. The lowest BCUT2D eigenvalue weighted by molar-refractivity contribution is -0.118. The van der Waals surface area contributed by atoms with Crippen molar-refractivity contribution >= 4 is 29.3 Å². The Hall–Kier alpha value is -0.710. The summed E-state index contributed by atoms with van der Waals surface area (Å²) >= 11 is 7.33. The molecule has 0 aromatic heterocycles. The van der Waals surface area contributed by atoms with Crippen LogP contribution in [0, 0.1) is 5.92 Å². The Morgan fingerprint density at radius 2 is 2.21 bits per heavy atom. The van der Waals surface area contributed by atoms with Crippen LogP contribution >= 0.6 is 23.4 Å². The number of carbonyl (C=O) groups is 1. The van der Waals surface area contributed by atoms with E-state index in [2.05, 4.69) is 5.32 Å². The Balaban J connectivity index is 1.60. The monoisotopic (exact) mass is 299 g/mol. The predicted molar refractivity (Wildman–Crippen MR) is 78.7 cm³/mol. The molecule has 3 nitrogen and oxygen atoms in total. The summed E-state index contributed by atoms with van der Waals surface area (Å²) in [6.45, 7) is 2.45. The molecule has 104 valence electrons. The Morgan fingerprint density at radius 1 is 1.42 bits per heavy atom. The Morgan fingerprint density at radius 3 is 2.89 bits per heavy atom. The van der Waals surface area contributed by atoms with Gasteiger partial charge in [-0.15, -0.1) is 11.8 Å². The first kappa shape index (κ1) is 14.7. The summed E-state index contributed by atoms with van der Waals surface area (Å²) in [5.74, 6) is 1.14. The summed E-state index contributed by atoms with van der Waals surface area (Å²) in [5, 5.41) is 3.67. The quantitative estimate of drug-likeness (QED) is 0.821. The summed E-state index contributed by atoms with van der Waals surface area (Å²) in [6.07, 6.45) is 2.13. The molecular formula is C14H18ClNO2S. The van der Waals surface area contributed by atoms with Gasteiger partial charge in [-0.1, -0.05) is 11.6 Å². The molecule has 1 fully saturated rings. The minimum absolute atomic E-state index is 0.0823. The summed E-state index contributed by atoms with van der Waals surface area (Å²) < 4.78 is 5.30. The van der Waals surface area contributed by atoms with Crippen molar-refractivity contribution in [2.75, 3.05) is 25.5 Å². The highest BCUT2D eigenvalue weighted by Gasteiger charge is 2.15. The van der Waals surface area contributed by atoms with E-state index >= 15 is 0 Å². The van der Waals surface area contributed by atoms with Crippen LogP contribution in [0.15, 0.2) is 29.2 Å². The zero-order valence-corrected chi connectivity index (χ0v) is 12.3. The maximum absolute atomic E-state index is 11.7. The maximum atomic E-state index is 11.7. The van der Waals surface area contributed by atoms with E-state index in [4.69, 9.17) is 16.3 Å². The number of benzene rings is 1. The van der Waals surface area contributed by atoms with Crippen LogP contribution in [0.25, 0.3) is 0 Å². The molecule has 1 N–H and O–H groups in total. The summed E-state index contributed by atoms with van der Waals surface area (Å²) in [4.78, 5) is 12.7. The molecule has 1 atom stereocenters. The zero-order valence-electron chi connectivity index (χ0n) is 10.7. The van der Waals surface area contributed by atoms with Crippen LogP contribution in [0.4, 0.5) is 0 Å². The van der Waals surface area contributed by atoms with Crippen LogP contribution in [0.2, 0.25) is 5.02 Å². The maximum Gasteiger partial charge on any atom is 0.230 e. The summed E-state index contributed by atoms with van der Waals surface area (Å²) in [5.41, 5.74) is 0. The van der Waals surface area contributed by atoms with Crippen LogP contribution in [0.3, 0.4) is 0 Å². The van der Waals surface area contributed by atoms with Gasteiger partial charge in [0.2, 0.25) is 5.91 Å². The molecule has 0 saturated carbocycles. The molecule has 1 aliphatic rings. The van der Waals surface area contributed by atoms with Gasteiger partial charge in [-0.2, -0.15) is 0 Å². The molecule has 19 heavy (non-hydrogen) atoms. The first-order valence-corrected chi connectivity index (χ1v) is 7.83. The molecule has 0 spiro atoms. The third-order valence-electron chi connectivity index (χ3n) is 3.08. The van der Waals surface area contributed by atoms with Crippen molar-refractivity contribution < 1.29 is 9.53 Å². The summed E-state index contributed by atoms with van der Waals surface area (Å²) in [7, 11) is 0. The molecule has 0 radical (unpaired) electrons.